The van der Waals surface area contributed by atoms with E-state index in [0.717, 1.165) is 12.8 Å². The first kappa shape index (κ1) is 13.4. The maximum atomic E-state index is 11.8. The second kappa shape index (κ2) is 6.24. The van der Waals surface area contributed by atoms with Crippen molar-refractivity contribution < 1.29 is 14.7 Å². The zero-order chi connectivity index (χ0) is 13.7. The van der Waals surface area contributed by atoms with Gasteiger partial charge in [0.25, 0.3) is 0 Å². The molecule has 7 heteroatoms. The molecule has 2 N–H and O–H groups in total. The Morgan fingerprint density at radius 3 is 2.63 bits per heavy atom. The van der Waals surface area contributed by atoms with Gasteiger partial charge in [-0.2, -0.15) is 0 Å². The van der Waals surface area contributed by atoms with Crippen LogP contribution in [0.4, 0.5) is 5.95 Å². The Labute approximate surface area is 110 Å². The molecule has 7 nitrogen and oxygen atoms in total. The Hall–Kier alpha value is -2.02. The molecule has 0 aromatic carbocycles. The number of aliphatic carboxylic acids is 1. The molecule has 102 valence electrons. The van der Waals surface area contributed by atoms with E-state index in [1.165, 1.54) is 0 Å². The zero-order valence-corrected chi connectivity index (χ0v) is 10.5. The van der Waals surface area contributed by atoms with E-state index >= 15 is 0 Å². The molecule has 1 aliphatic carbocycles. The number of carbonyl (C=O) groups excluding carboxylic acids is 1. The third kappa shape index (κ3) is 4.63. The standard InChI is InChI=1S/C12H16N4O3/c17-10(15-12-13-5-1-6-14-12)8-16(9-2-3-9)7-4-11(18)19/h1,5-6,9H,2-4,7-8H2,(H,18,19)(H,13,14,15,17). The minimum Gasteiger partial charge on any atom is -0.481 e. The van der Waals surface area contributed by atoms with Crippen LogP contribution in [0.3, 0.4) is 0 Å². The van der Waals surface area contributed by atoms with E-state index in [9.17, 15) is 9.59 Å². The quantitative estimate of drug-likeness (QED) is 0.738. The predicted octanol–water partition coefficient (Wildman–Crippen LogP) is 0.354. The molecule has 0 spiro atoms. The van der Waals surface area contributed by atoms with Crippen molar-refractivity contribution >= 4 is 17.8 Å². The van der Waals surface area contributed by atoms with E-state index in [0.29, 0.717) is 12.6 Å². The summed E-state index contributed by atoms with van der Waals surface area (Å²) in [4.78, 5) is 32.1. The lowest BCUT2D eigenvalue weighted by atomic mass is 10.3. The molecule has 1 amide bonds. The summed E-state index contributed by atoms with van der Waals surface area (Å²) in [5, 5.41) is 11.3. The monoisotopic (exact) mass is 264 g/mol. The third-order valence-corrected chi connectivity index (χ3v) is 2.84. The molecule has 1 aromatic heterocycles. The van der Waals surface area contributed by atoms with Crippen LogP contribution in [-0.2, 0) is 9.59 Å². The van der Waals surface area contributed by atoms with Gasteiger partial charge in [-0.25, -0.2) is 9.97 Å². The molecular formula is C12H16N4O3. The highest BCUT2D eigenvalue weighted by Gasteiger charge is 2.30. The van der Waals surface area contributed by atoms with Crippen molar-refractivity contribution in [2.75, 3.05) is 18.4 Å². The van der Waals surface area contributed by atoms with Crippen LogP contribution in [0.1, 0.15) is 19.3 Å². The SMILES string of the molecule is O=C(O)CCN(CC(=O)Nc1ncccn1)C1CC1. The summed E-state index contributed by atoms with van der Waals surface area (Å²) in [7, 11) is 0. The molecule has 0 aliphatic heterocycles. The lowest BCUT2D eigenvalue weighted by Gasteiger charge is -2.19. The minimum atomic E-state index is -0.850. The summed E-state index contributed by atoms with van der Waals surface area (Å²) < 4.78 is 0. The van der Waals surface area contributed by atoms with Gasteiger partial charge in [0.2, 0.25) is 11.9 Å². The van der Waals surface area contributed by atoms with Crippen molar-refractivity contribution in [2.24, 2.45) is 0 Å². The Balaban J connectivity index is 1.83. The number of amides is 1. The van der Waals surface area contributed by atoms with E-state index in [1.807, 2.05) is 4.90 Å². The molecule has 0 radical (unpaired) electrons. The summed E-state index contributed by atoms with van der Waals surface area (Å²) in [6, 6.07) is 2.00. The first-order chi connectivity index (χ1) is 9.15. The highest BCUT2D eigenvalue weighted by Crippen LogP contribution is 2.26. The predicted molar refractivity (Wildman–Crippen MR) is 67.5 cm³/mol. The summed E-state index contributed by atoms with van der Waals surface area (Å²) >= 11 is 0. The van der Waals surface area contributed by atoms with Crippen LogP contribution in [0.5, 0.6) is 0 Å². The Morgan fingerprint density at radius 2 is 2.05 bits per heavy atom. The lowest BCUT2D eigenvalue weighted by molar-refractivity contribution is -0.137. The van der Waals surface area contributed by atoms with Crippen molar-refractivity contribution in [3.8, 4) is 0 Å². The fourth-order valence-corrected chi connectivity index (χ4v) is 1.78. The summed E-state index contributed by atoms with van der Waals surface area (Å²) in [6.45, 7) is 0.569. The van der Waals surface area contributed by atoms with Crippen molar-refractivity contribution in [1.29, 1.82) is 0 Å². The van der Waals surface area contributed by atoms with Gasteiger partial charge in [0.05, 0.1) is 13.0 Å². The molecule has 1 saturated carbocycles. The Morgan fingerprint density at radius 1 is 1.37 bits per heavy atom. The number of aromatic nitrogens is 2. The number of carboxylic acids is 1. The van der Waals surface area contributed by atoms with E-state index < -0.39 is 5.97 Å². The molecule has 1 aliphatic rings. The largest absolute Gasteiger partial charge is 0.481 e. The van der Waals surface area contributed by atoms with Gasteiger partial charge in [-0.05, 0) is 18.9 Å². The number of anilines is 1. The Bertz CT molecular complexity index is 448. The Kier molecular flexibility index (Phi) is 4.40. The fraction of sp³-hybridized carbons (Fsp3) is 0.500. The minimum absolute atomic E-state index is 0.0472. The molecule has 1 heterocycles. The number of carbonyl (C=O) groups is 2. The molecule has 1 fully saturated rings. The molecule has 2 rings (SSSR count). The summed E-state index contributed by atoms with van der Waals surface area (Å²) in [6.07, 6.45) is 5.19. The molecule has 0 saturated heterocycles. The van der Waals surface area contributed by atoms with Crippen LogP contribution in [-0.4, -0.2) is 51.0 Å². The number of nitrogens with one attached hydrogen (secondary N) is 1. The van der Waals surface area contributed by atoms with Crippen molar-refractivity contribution in [3.63, 3.8) is 0 Å². The third-order valence-electron chi connectivity index (χ3n) is 2.84. The van der Waals surface area contributed by atoms with Gasteiger partial charge in [-0.3, -0.25) is 19.8 Å². The van der Waals surface area contributed by atoms with Gasteiger partial charge in [0, 0.05) is 25.0 Å². The van der Waals surface area contributed by atoms with Crippen LogP contribution in [0.2, 0.25) is 0 Å². The van der Waals surface area contributed by atoms with Gasteiger partial charge in [-0.1, -0.05) is 0 Å². The average Bonchev–Trinajstić information content (AvgIpc) is 3.19. The van der Waals surface area contributed by atoms with Crippen LogP contribution < -0.4 is 5.32 Å². The molecular weight excluding hydrogens is 248 g/mol. The second-order valence-corrected chi connectivity index (χ2v) is 4.47. The van der Waals surface area contributed by atoms with Crippen molar-refractivity contribution in [1.82, 2.24) is 14.9 Å². The zero-order valence-electron chi connectivity index (χ0n) is 10.5. The first-order valence-corrected chi connectivity index (χ1v) is 6.18. The van der Waals surface area contributed by atoms with Crippen LogP contribution in [0.15, 0.2) is 18.5 Å². The van der Waals surface area contributed by atoms with Gasteiger partial charge < -0.3 is 5.11 Å². The van der Waals surface area contributed by atoms with E-state index in [-0.39, 0.29) is 24.8 Å². The van der Waals surface area contributed by atoms with Crippen LogP contribution in [0.25, 0.3) is 0 Å². The number of hydrogen-bond acceptors (Lipinski definition) is 5. The van der Waals surface area contributed by atoms with Crippen LogP contribution in [0, 0.1) is 0 Å². The lowest BCUT2D eigenvalue weighted by Crippen LogP contribution is -2.36. The molecule has 0 unspecified atom stereocenters. The average molecular weight is 264 g/mol. The van der Waals surface area contributed by atoms with Crippen molar-refractivity contribution in [3.05, 3.63) is 18.5 Å². The number of rotatable bonds is 7. The topological polar surface area (TPSA) is 95.4 Å². The fourth-order valence-electron chi connectivity index (χ4n) is 1.78. The molecule has 19 heavy (non-hydrogen) atoms. The maximum absolute atomic E-state index is 11.8. The number of carboxylic acid groups (broad SMARTS) is 1. The van der Waals surface area contributed by atoms with E-state index in [4.69, 9.17) is 5.11 Å². The molecule has 0 bridgehead atoms. The van der Waals surface area contributed by atoms with Crippen molar-refractivity contribution in [2.45, 2.75) is 25.3 Å². The summed E-state index contributed by atoms with van der Waals surface area (Å²) in [5.41, 5.74) is 0. The maximum Gasteiger partial charge on any atom is 0.304 e. The van der Waals surface area contributed by atoms with Gasteiger partial charge in [-0.15, -0.1) is 0 Å². The highest BCUT2D eigenvalue weighted by molar-refractivity contribution is 5.90. The summed E-state index contributed by atoms with van der Waals surface area (Å²) in [5.74, 6) is -0.803. The number of hydrogen-bond donors (Lipinski definition) is 2. The highest BCUT2D eigenvalue weighted by atomic mass is 16.4. The van der Waals surface area contributed by atoms with E-state index in [2.05, 4.69) is 15.3 Å². The molecule has 1 aromatic rings. The van der Waals surface area contributed by atoms with Gasteiger partial charge in [0.15, 0.2) is 0 Å². The van der Waals surface area contributed by atoms with E-state index in [1.54, 1.807) is 18.5 Å². The normalized spacial score (nSPS) is 14.4. The van der Waals surface area contributed by atoms with Crippen LogP contribution >= 0.6 is 0 Å². The smallest absolute Gasteiger partial charge is 0.304 e. The molecule has 0 atom stereocenters. The van der Waals surface area contributed by atoms with Gasteiger partial charge in [0.1, 0.15) is 0 Å². The second-order valence-electron chi connectivity index (χ2n) is 4.47. The van der Waals surface area contributed by atoms with Gasteiger partial charge >= 0.3 is 5.97 Å². The first-order valence-electron chi connectivity index (χ1n) is 6.18. The number of nitrogens with zero attached hydrogens (tertiary/aromatic N) is 3.